The van der Waals surface area contributed by atoms with Crippen molar-refractivity contribution >= 4 is 71.5 Å². The smallest absolute Gasteiger partial charge is 0.232 e. The maximum absolute atomic E-state index is 12.5. The zero-order chi connectivity index (χ0) is 28.4. The first kappa shape index (κ1) is 27.8. The van der Waals surface area contributed by atoms with Crippen molar-refractivity contribution < 1.29 is 13.2 Å². The largest absolute Gasteiger partial charge is 0.495 e. The predicted molar refractivity (Wildman–Crippen MR) is 162 cm³/mol. The minimum absolute atomic E-state index is 0.332. The number of benzene rings is 2. The summed E-state index contributed by atoms with van der Waals surface area (Å²) in [7, 11) is 1.63. The van der Waals surface area contributed by atoms with E-state index in [4.69, 9.17) is 4.74 Å². The van der Waals surface area contributed by atoms with Gasteiger partial charge in [-0.25, -0.2) is 13.4 Å². The second-order valence-electron chi connectivity index (χ2n) is 9.43. The lowest BCUT2D eigenvalue weighted by molar-refractivity contribution is 0.313. The minimum Gasteiger partial charge on any atom is -0.495 e. The van der Waals surface area contributed by atoms with E-state index in [0.717, 1.165) is 43.8 Å². The highest BCUT2D eigenvalue weighted by Crippen LogP contribution is 2.37. The summed E-state index contributed by atoms with van der Waals surface area (Å²) < 4.78 is 32.4. The Kier molecular flexibility index (Phi) is 7.92. The van der Waals surface area contributed by atoms with Gasteiger partial charge in [-0.05, 0) is 53.3 Å². The zero-order valence-corrected chi connectivity index (χ0v) is 25.0. The molecule has 0 aliphatic carbocycles. The van der Waals surface area contributed by atoms with Crippen LogP contribution >= 0.6 is 15.9 Å². The van der Waals surface area contributed by atoms with Crippen LogP contribution in [0.2, 0.25) is 0 Å². The van der Waals surface area contributed by atoms with E-state index in [1.54, 1.807) is 31.6 Å². The number of nitrogens with zero attached hydrogens (tertiary/aromatic N) is 7. The number of methoxy groups -OCH3 is 1. The molecule has 0 unspecified atom stereocenters. The van der Waals surface area contributed by atoms with E-state index in [2.05, 4.69) is 63.3 Å². The van der Waals surface area contributed by atoms with E-state index in [-0.39, 0.29) is 0 Å². The van der Waals surface area contributed by atoms with Gasteiger partial charge >= 0.3 is 0 Å². The van der Waals surface area contributed by atoms with Gasteiger partial charge in [-0.2, -0.15) is 4.98 Å². The number of ether oxygens (including phenoxy) is 1. The molecule has 0 saturated carbocycles. The molecule has 14 heteroatoms. The van der Waals surface area contributed by atoms with Crippen LogP contribution in [0.1, 0.15) is 0 Å². The van der Waals surface area contributed by atoms with E-state index in [0.29, 0.717) is 44.4 Å². The van der Waals surface area contributed by atoms with E-state index in [1.807, 2.05) is 18.2 Å². The summed E-state index contributed by atoms with van der Waals surface area (Å²) in [6.45, 7) is 3.87. The molecule has 1 saturated heterocycles. The third kappa shape index (κ3) is 5.88. The van der Waals surface area contributed by atoms with Crippen molar-refractivity contribution in [3.8, 4) is 5.75 Å². The quantitative estimate of drug-likeness (QED) is 0.296. The Morgan fingerprint density at radius 2 is 1.75 bits per heavy atom. The Balaban J connectivity index is 1.48. The number of sulfonamides is 1. The molecular weight excluding hydrogens is 598 g/mol. The molecule has 2 aromatic carbocycles. The third-order valence-electron chi connectivity index (χ3n) is 6.72. The van der Waals surface area contributed by atoms with E-state index >= 15 is 0 Å². The fraction of sp³-hybridized carbons (Fsp3) is 0.308. The maximum Gasteiger partial charge on any atom is 0.232 e. The van der Waals surface area contributed by atoms with Gasteiger partial charge in [0.1, 0.15) is 22.8 Å². The van der Waals surface area contributed by atoms with Crippen molar-refractivity contribution in [3.05, 3.63) is 53.4 Å². The predicted octanol–water partition coefficient (Wildman–Crippen LogP) is 3.83. The lowest BCUT2D eigenvalue weighted by atomic mass is 10.2. The number of aromatic nitrogens is 4. The number of likely N-dealkylation sites (N-methyl/N-ethyl adjacent to an activating group) is 1. The molecule has 40 heavy (non-hydrogen) atoms. The third-order valence-corrected chi connectivity index (χ3v) is 8.48. The number of nitrogens with one attached hydrogen (secondary N) is 2. The van der Waals surface area contributed by atoms with Crippen LogP contribution in [0, 0.1) is 0 Å². The van der Waals surface area contributed by atoms with Crippen molar-refractivity contribution in [1.82, 2.24) is 24.8 Å². The highest BCUT2D eigenvalue weighted by atomic mass is 79.9. The van der Waals surface area contributed by atoms with Crippen molar-refractivity contribution in [2.45, 2.75) is 0 Å². The molecular formula is C26H30BrN9O3S. The number of hydrogen-bond donors (Lipinski definition) is 2. The SMILES string of the molecule is COc1ccc(N2CCN(C)CC2)cc1Nc1ncc(Br)c(Nc2ccc3nccnc3c2N(C)S(C)(=O)=O)n1. The van der Waals surface area contributed by atoms with E-state index in [9.17, 15) is 8.42 Å². The molecule has 0 amide bonds. The van der Waals surface area contributed by atoms with Gasteiger partial charge in [0.25, 0.3) is 0 Å². The van der Waals surface area contributed by atoms with Crippen LogP contribution in [-0.4, -0.2) is 86.9 Å². The molecule has 2 aromatic heterocycles. The summed E-state index contributed by atoms with van der Waals surface area (Å²) in [5, 5.41) is 6.53. The molecule has 0 radical (unpaired) electrons. The van der Waals surface area contributed by atoms with Gasteiger partial charge in [-0.1, -0.05) is 0 Å². The monoisotopic (exact) mass is 627 g/mol. The van der Waals surface area contributed by atoms with Crippen LogP contribution in [0.5, 0.6) is 5.75 Å². The normalized spacial score (nSPS) is 14.3. The van der Waals surface area contributed by atoms with E-state index < -0.39 is 10.0 Å². The first-order chi connectivity index (χ1) is 19.1. The Labute approximate surface area is 241 Å². The second kappa shape index (κ2) is 11.4. The average Bonchev–Trinajstić information content (AvgIpc) is 2.94. The molecule has 1 aliphatic rings. The maximum atomic E-state index is 12.5. The molecule has 1 aliphatic heterocycles. The molecule has 0 spiro atoms. The van der Waals surface area contributed by atoms with Crippen LogP contribution in [0.4, 0.5) is 34.5 Å². The van der Waals surface area contributed by atoms with Gasteiger partial charge in [0, 0.05) is 57.5 Å². The fourth-order valence-electron chi connectivity index (χ4n) is 4.43. The zero-order valence-electron chi connectivity index (χ0n) is 22.6. The van der Waals surface area contributed by atoms with Crippen molar-refractivity contribution in [1.29, 1.82) is 0 Å². The van der Waals surface area contributed by atoms with Crippen molar-refractivity contribution in [2.24, 2.45) is 0 Å². The summed E-state index contributed by atoms with van der Waals surface area (Å²) in [5.74, 6) is 1.42. The van der Waals surface area contributed by atoms with E-state index in [1.165, 1.54) is 17.5 Å². The highest BCUT2D eigenvalue weighted by Gasteiger charge is 2.22. The minimum atomic E-state index is -3.60. The molecule has 4 aromatic rings. The second-order valence-corrected chi connectivity index (χ2v) is 12.3. The summed E-state index contributed by atoms with van der Waals surface area (Å²) in [6, 6.07) is 9.53. The van der Waals surface area contributed by atoms with Crippen molar-refractivity contribution in [3.63, 3.8) is 0 Å². The molecule has 0 atom stereocenters. The standard InChI is InChI=1S/C26H30BrN9O3S/c1-34-11-13-36(14-12-34)17-5-8-22(39-3)21(15-17)32-26-30-16-18(27)25(33-26)31-20-7-6-19-23(29-10-9-28-19)24(20)35(2)40(4,37)38/h5-10,15-16H,11-14H2,1-4H3,(H2,30,31,32,33). The molecule has 12 nitrogen and oxygen atoms in total. The molecule has 210 valence electrons. The number of fused-ring (bicyclic) bond motifs is 1. The molecule has 1 fully saturated rings. The summed E-state index contributed by atoms with van der Waals surface area (Å²) in [6.07, 6.45) is 5.84. The summed E-state index contributed by atoms with van der Waals surface area (Å²) in [5.41, 5.74) is 3.66. The molecule has 3 heterocycles. The first-order valence-electron chi connectivity index (χ1n) is 12.5. The number of halogens is 1. The van der Waals surface area contributed by atoms with Crippen LogP contribution in [0.15, 0.2) is 53.4 Å². The van der Waals surface area contributed by atoms with Gasteiger partial charge in [0.2, 0.25) is 16.0 Å². The van der Waals surface area contributed by atoms with Crippen molar-refractivity contribution in [2.75, 3.05) is 73.5 Å². The summed E-state index contributed by atoms with van der Waals surface area (Å²) >= 11 is 3.51. The molecule has 2 N–H and O–H groups in total. The Morgan fingerprint density at radius 3 is 2.48 bits per heavy atom. The Bertz CT molecular complexity index is 1650. The van der Waals surface area contributed by atoms with Gasteiger partial charge in [-0.3, -0.25) is 14.3 Å². The van der Waals surface area contributed by atoms with Gasteiger partial charge < -0.3 is 25.2 Å². The van der Waals surface area contributed by atoms with Crippen LogP contribution in [-0.2, 0) is 10.0 Å². The van der Waals surface area contributed by atoms with Crippen LogP contribution < -0.4 is 24.6 Å². The Morgan fingerprint density at radius 1 is 1.00 bits per heavy atom. The lowest BCUT2D eigenvalue weighted by Crippen LogP contribution is -2.44. The number of anilines is 6. The molecule has 0 bridgehead atoms. The van der Waals surface area contributed by atoms with Crippen LogP contribution in [0.3, 0.4) is 0 Å². The first-order valence-corrected chi connectivity index (χ1v) is 15.1. The molecule has 5 rings (SSSR count). The number of hydrogen-bond acceptors (Lipinski definition) is 11. The van der Waals surface area contributed by atoms with Gasteiger partial charge in [-0.15, -0.1) is 0 Å². The highest BCUT2D eigenvalue weighted by molar-refractivity contribution is 9.10. The summed E-state index contributed by atoms with van der Waals surface area (Å²) in [4.78, 5) is 22.5. The fourth-order valence-corrected chi connectivity index (χ4v) is 5.23. The topological polar surface area (TPSA) is 129 Å². The number of rotatable bonds is 8. The number of piperazine rings is 1. The Hall–Kier alpha value is -3.75. The lowest BCUT2D eigenvalue weighted by Gasteiger charge is -2.34. The van der Waals surface area contributed by atoms with Crippen LogP contribution in [0.25, 0.3) is 11.0 Å². The van der Waals surface area contributed by atoms with Gasteiger partial charge in [0.15, 0.2) is 0 Å². The van der Waals surface area contributed by atoms with Gasteiger partial charge in [0.05, 0.1) is 34.7 Å². The average molecular weight is 629 g/mol.